The molecule has 3 N–H and O–H groups in total. The highest BCUT2D eigenvalue weighted by Gasteiger charge is 2.20. The molecule has 8 nitrogen and oxygen atoms in total. The second-order valence-electron chi connectivity index (χ2n) is 7.06. The van der Waals surface area contributed by atoms with E-state index in [0.29, 0.717) is 43.4 Å². The zero-order chi connectivity index (χ0) is 25.0. The van der Waals surface area contributed by atoms with Crippen LogP contribution in [0.15, 0.2) is 41.5 Å². The molecule has 3 aromatic rings. The quantitative estimate of drug-likeness (QED) is 0.162. The SMILES string of the molecule is COC(=O)c1ccc(NC(=S)CNN=C(C)c2nn(C)c(-c3ccc(Cl)c(Cl)c3)c2O)cc1Cl. The zero-order valence-electron chi connectivity index (χ0n) is 18.3. The van der Waals surface area contributed by atoms with Crippen LogP contribution in [-0.2, 0) is 11.8 Å². The van der Waals surface area contributed by atoms with Crippen molar-refractivity contribution in [3.8, 4) is 17.0 Å². The number of carbonyl (C=O) groups is 1. The average molecular weight is 541 g/mol. The lowest BCUT2D eigenvalue weighted by atomic mass is 10.1. The molecule has 0 atom stereocenters. The minimum absolute atomic E-state index is 0.0371. The number of aromatic nitrogens is 2. The number of hydrazone groups is 1. The van der Waals surface area contributed by atoms with Crippen LogP contribution in [0, 0.1) is 0 Å². The van der Waals surface area contributed by atoms with Gasteiger partial charge in [0.1, 0.15) is 10.7 Å². The maximum Gasteiger partial charge on any atom is 0.339 e. The van der Waals surface area contributed by atoms with Crippen molar-refractivity contribution in [3.63, 3.8) is 0 Å². The van der Waals surface area contributed by atoms with Gasteiger partial charge in [0.25, 0.3) is 0 Å². The van der Waals surface area contributed by atoms with Gasteiger partial charge in [0.15, 0.2) is 11.4 Å². The Morgan fingerprint density at radius 3 is 2.56 bits per heavy atom. The predicted molar refractivity (Wildman–Crippen MR) is 140 cm³/mol. The number of nitrogens with zero attached hydrogens (tertiary/aromatic N) is 3. The summed E-state index contributed by atoms with van der Waals surface area (Å²) in [5.74, 6) is -0.560. The van der Waals surface area contributed by atoms with Crippen LogP contribution in [0.5, 0.6) is 5.75 Å². The number of anilines is 1. The highest BCUT2D eigenvalue weighted by molar-refractivity contribution is 7.80. The average Bonchev–Trinajstić information content (AvgIpc) is 3.09. The van der Waals surface area contributed by atoms with Gasteiger partial charge < -0.3 is 20.6 Å². The second kappa shape index (κ2) is 11.1. The van der Waals surface area contributed by atoms with E-state index >= 15 is 0 Å². The Morgan fingerprint density at radius 1 is 1.18 bits per heavy atom. The molecule has 2 aromatic carbocycles. The van der Waals surface area contributed by atoms with Crippen LogP contribution in [0.3, 0.4) is 0 Å². The summed E-state index contributed by atoms with van der Waals surface area (Å²) in [7, 11) is 2.99. The van der Waals surface area contributed by atoms with Gasteiger partial charge >= 0.3 is 5.97 Å². The third-order valence-electron chi connectivity index (χ3n) is 4.70. The van der Waals surface area contributed by atoms with E-state index in [-0.39, 0.29) is 22.9 Å². The first kappa shape index (κ1) is 25.8. The number of hydrogen-bond donors (Lipinski definition) is 3. The minimum atomic E-state index is -0.523. The number of carbonyl (C=O) groups excluding carboxylic acids is 1. The Hall–Kier alpha value is -2.85. The van der Waals surface area contributed by atoms with Gasteiger partial charge in [0.05, 0.1) is 40.0 Å². The topological polar surface area (TPSA) is 101 Å². The number of halogens is 3. The van der Waals surface area contributed by atoms with E-state index in [1.54, 1.807) is 50.4 Å². The fourth-order valence-corrected chi connectivity index (χ4v) is 3.82. The van der Waals surface area contributed by atoms with Crippen molar-refractivity contribution in [1.29, 1.82) is 0 Å². The molecular formula is C22H20Cl3N5O3S. The van der Waals surface area contributed by atoms with E-state index < -0.39 is 5.97 Å². The van der Waals surface area contributed by atoms with Gasteiger partial charge in [-0.3, -0.25) is 4.68 Å². The predicted octanol–water partition coefficient (Wildman–Crippen LogP) is 5.29. The number of aromatic hydroxyl groups is 1. The van der Waals surface area contributed by atoms with Crippen molar-refractivity contribution in [2.45, 2.75) is 6.92 Å². The summed E-state index contributed by atoms with van der Waals surface area (Å²) in [6.07, 6.45) is 0. The first-order chi connectivity index (χ1) is 16.1. The third kappa shape index (κ3) is 5.79. The molecule has 0 aliphatic carbocycles. The summed E-state index contributed by atoms with van der Waals surface area (Å²) < 4.78 is 6.21. The number of hydrogen-bond acceptors (Lipinski definition) is 7. The van der Waals surface area contributed by atoms with Crippen molar-refractivity contribution < 1.29 is 14.6 Å². The number of rotatable bonds is 7. The lowest BCUT2D eigenvalue weighted by Crippen LogP contribution is -2.24. The van der Waals surface area contributed by atoms with Crippen LogP contribution in [0.1, 0.15) is 23.0 Å². The summed E-state index contributed by atoms with van der Waals surface area (Å²) in [6, 6.07) is 9.83. The molecule has 12 heteroatoms. The number of ether oxygens (including phenoxy) is 1. The molecule has 0 spiro atoms. The molecule has 0 saturated carbocycles. The molecule has 0 amide bonds. The zero-order valence-corrected chi connectivity index (χ0v) is 21.4. The van der Waals surface area contributed by atoms with Crippen LogP contribution in [0.2, 0.25) is 15.1 Å². The Kier molecular flexibility index (Phi) is 8.37. The van der Waals surface area contributed by atoms with Crippen molar-refractivity contribution in [1.82, 2.24) is 15.2 Å². The van der Waals surface area contributed by atoms with Crippen molar-refractivity contribution in [2.24, 2.45) is 12.1 Å². The van der Waals surface area contributed by atoms with E-state index in [2.05, 4.69) is 25.7 Å². The van der Waals surface area contributed by atoms with E-state index in [0.717, 1.165) is 0 Å². The van der Waals surface area contributed by atoms with Gasteiger partial charge in [-0.15, -0.1) is 0 Å². The standard InChI is InChI=1S/C22H20Cl3N5O3S/c1-11(19-21(31)20(30(2)29-19)12-4-7-15(23)17(25)8-12)28-26-10-18(34)27-13-5-6-14(16(24)9-13)22(32)33-3/h4-9,26,31H,10H2,1-3H3,(H,27,34). The van der Waals surface area contributed by atoms with Crippen LogP contribution < -0.4 is 10.7 Å². The van der Waals surface area contributed by atoms with Crippen LogP contribution >= 0.6 is 47.0 Å². The number of thiocarbonyl (C=S) groups is 1. The molecule has 0 unspecified atom stereocenters. The highest BCUT2D eigenvalue weighted by Crippen LogP contribution is 2.35. The summed E-state index contributed by atoms with van der Waals surface area (Å²) in [4.78, 5) is 12.1. The molecule has 0 aliphatic rings. The Balaban J connectivity index is 1.66. The largest absolute Gasteiger partial charge is 0.504 e. The summed E-state index contributed by atoms with van der Waals surface area (Å²) >= 11 is 23.5. The van der Waals surface area contributed by atoms with Gasteiger partial charge in [0, 0.05) is 18.3 Å². The van der Waals surface area contributed by atoms with E-state index in [1.807, 2.05) is 0 Å². The monoisotopic (exact) mass is 539 g/mol. The fraction of sp³-hybridized carbons (Fsp3) is 0.182. The van der Waals surface area contributed by atoms with E-state index in [4.69, 9.17) is 47.0 Å². The molecule has 178 valence electrons. The van der Waals surface area contributed by atoms with E-state index in [9.17, 15) is 9.90 Å². The lowest BCUT2D eigenvalue weighted by molar-refractivity contribution is 0.0601. The molecule has 0 aliphatic heterocycles. The summed E-state index contributed by atoms with van der Waals surface area (Å²) in [6.45, 7) is 1.91. The van der Waals surface area contributed by atoms with Gasteiger partial charge in [-0.25, -0.2) is 4.79 Å². The first-order valence-electron chi connectivity index (χ1n) is 9.79. The summed E-state index contributed by atoms with van der Waals surface area (Å²) in [5, 5.41) is 23.4. The number of methoxy groups -OCH3 is 1. The second-order valence-corrected chi connectivity index (χ2v) is 8.78. The Morgan fingerprint density at radius 2 is 1.91 bits per heavy atom. The summed E-state index contributed by atoms with van der Waals surface area (Å²) in [5.41, 5.74) is 5.62. The molecule has 0 radical (unpaired) electrons. The molecule has 1 aromatic heterocycles. The maximum absolute atomic E-state index is 11.6. The Bertz CT molecular complexity index is 1290. The van der Waals surface area contributed by atoms with E-state index in [1.165, 1.54) is 11.8 Å². The number of esters is 1. The molecule has 3 rings (SSSR count). The first-order valence-corrected chi connectivity index (χ1v) is 11.3. The lowest BCUT2D eigenvalue weighted by Gasteiger charge is -2.10. The number of nitrogens with one attached hydrogen (secondary N) is 2. The van der Waals surface area contributed by atoms with Gasteiger partial charge in [-0.1, -0.05) is 53.1 Å². The van der Waals surface area contributed by atoms with Crippen molar-refractivity contribution in [3.05, 3.63) is 62.7 Å². The van der Waals surface area contributed by atoms with Gasteiger partial charge in [0.2, 0.25) is 0 Å². The van der Waals surface area contributed by atoms with Crippen LogP contribution in [0.4, 0.5) is 5.69 Å². The highest BCUT2D eigenvalue weighted by atomic mass is 35.5. The number of benzene rings is 2. The molecular weight excluding hydrogens is 521 g/mol. The Labute approximate surface area is 216 Å². The third-order valence-corrected chi connectivity index (χ3v) is 6.00. The van der Waals surface area contributed by atoms with Gasteiger partial charge in [-0.2, -0.15) is 10.2 Å². The van der Waals surface area contributed by atoms with Crippen LogP contribution in [-0.4, -0.2) is 45.2 Å². The van der Waals surface area contributed by atoms with Crippen molar-refractivity contribution in [2.75, 3.05) is 19.0 Å². The number of aryl methyl sites for hydroxylation is 1. The maximum atomic E-state index is 11.6. The molecule has 0 bridgehead atoms. The molecule has 1 heterocycles. The van der Waals surface area contributed by atoms with Crippen molar-refractivity contribution >= 4 is 69.4 Å². The molecule has 0 fully saturated rings. The fourth-order valence-electron chi connectivity index (χ4n) is 3.08. The van der Waals surface area contributed by atoms with Gasteiger partial charge in [-0.05, 0) is 37.3 Å². The molecule has 34 heavy (non-hydrogen) atoms. The van der Waals surface area contributed by atoms with Crippen LogP contribution in [0.25, 0.3) is 11.3 Å². The normalized spacial score (nSPS) is 11.3. The minimum Gasteiger partial charge on any atom is -0.504 e. The molecule has 0 saturated heterocycles. The smallest absolute Gasteiger partial charge is 0.339 e.